The zero-order valence-corrected chi connectivity index (χ0v) is 13.3. The maximum atomic E-state index is 11.8. The quantitative estimate of drug-likeness (QED) is 0.252. The van der Waals surface area contributed by atoms with Crippen LogP contribution in [-0.2, 0) is 9.59 Å². The number of nitrogens with zero attached hydrogens (tertiary/aromatic N) is 1. The zero-order chi connectivity index (χ0) is 16.4. The van der Waals surface area contributed by atoms with E-state index in [-0.39, 0.29) is 5.92 Å². The lowest BCUT2D eigenvalue weighted by Crippen LogP contribution is -2.50. The fourth-order valence-corrected chi connectivity index (χ4v) is 1.78. The van der Waals surface area contributed by atoms with Gasteiger partial charge in [0.15, 0.2) is 0 Å². The number of hydrazine groups is 2. The molecule has 0 aromatic heterocycles. The first kappa shape index (κ1) is 19.8. The van der Waals surface area contributed by atoms with Crippen molar-refractivity contribution in [2.75, 3.05) is 20.6 Å². The normalized spacial score (nSPS) is 14.2. The molecule has 124 valence electrons. The van der Waals surface area contributed by atoms with Gasteiger partial charge in [0, 0.05) is 20.6 Å². The Bertz CT molecular complexity index is 321. The minimum Gasteiger partial charge on any atom is -0.480 e. The highest BCUT2D eigenvalue weighted by atomic mass is 16.4. The summed E-state index contributed by atoms with van der Waals surface area (Å²) >= 11 is 0. The first-order chi connectivity index (χ1) is 9.83. The van der Waals surface area contributed by atoms with Gasteiger partial charge in [0.25, 0.3) is 0 Å². The van der Waals surface area contributed by atoms with Crippen molar-refractivity contribution in [1.82, 2.24) is 21.3 Å². The Balaban J connectivity index is 4.20. The molecule has 0 saturated heterocycles. The molecule has 0 heterocycles. The van der Waals surface area contributed by atoms with E-state index in [1.165, 1.54) is 0 Å². The second-order valence-corrected chi connectivity index (χ2v) is 5.26. The summed E-state index contributed by atoms with van der Waals surface area (Å²) in [6, 6.07) is -1.57. The number of nitrogens with two attached hydrogens (primary N) is 1. The maximum Gasteiger partial charge on any atom is 0.326 e. The Morgan fingerprint density at radius 1 is 1.19 bits per heavy atom. The lowest BCUT2D eigenvalue weighted by molar-refractivity contribution is -0.142. The van der Waals surface area contributed by atoms with E-state index in [4.69, 9.17) is 10.8 Å². The Morgan fingerprint density at radius 2 is 1.76 bits per heavy atom. The second kappa shape index (κ2) is 10.5. The highest BCUT2D eigenvalue weighted by Gasteiger charge is 2.24. The third-order valence-corrected chi connectivity index (χ3v) is 3.30. The number of hydrogen-bond acceptors (Lipinski definition) is 6. The zero-order valence-electron chi connectivity index (χ0n) is 13.3. The second-order valence-electron chi connectivity index (χ2n) is 5.26. The van der Waals surface area contributed by atoms with Crippen LogP contribution < -0.4 is 21.9 Å². The van der Waals surface area contributed by atoms with Gasteiger partial charge in [0.1, 0.15) is 6.04 Å². The van der Waals surface area contributed by atoms with E-state index in [1.54, 1.807) is 19.2 Å². The van der Waals surface area contributed by atoms with Crippen molar-refractivity contribution in [3.63, 3.8) is 0 Å². The molecule has 0 aromatic carbocycles. The first-order valence-electron chi connectivity index (χ1n) is 7.24. The average molecular weight is 303 g/mol. The molecule has 0 aliphatic heterocycles. The smallest absolute Gasteiger partial charge is 0.326 e. The van der Waals surface area contributed by atoms with Crippen LogP contribution in [0.15, 0.2) is 0 Å². The molecule has 0 aliphatic carbocycles. The van der Waals surface area contributed by atoms with Crippen molar-refractivity contribution in [3.05, 3.63) is 0 Å². The van der Waals surface area contributed by atoms with Crippen molar-refractivity contribution in [3.8, 4) is 0 Å². The number of carboxylic acids is 1. The van der Waals surface area contributed by atoms with Crippen molar-refractivity contribution in [1.29, 1.82) is 0 Å². The molecule has 0 aromatic rings. The molecule has 0 rings (SSSR count). The van der Waals surface area contributed by atoms with Crippen LogP contribution >= 0.6 is 0 Å². The summed E-state index contributed by atoms with van der Waals surface area (Å²) in [7, 11) is 3.59. The summed E-state index contributed by atoms with van der Waals surface area (Å²) in [5, 5.41) is 13.5. The number of carbonyl (C=O) groups is 2. The molecular formula is C13H29N5O3. The van der Waals surface area contributed by atoms with Crippen LogP contribution in [0.1, 0.15) is 33.1 Å². The van der Waals surface area contributed by atoms with E-state index < -0.39 is 24.0 Å². The molecule has 8 heteroatoms. The molecule has 8 nitrogen and oxygen atoms in total. The van der Waals surface area contributed by atoms with E-state index in [1.807, 2.05) is 13.8 Å². The van der Waals surface area contributed by atoms with Crippen LogP contribution in [0, 0.1) is 5.92 Å². The van der Waals surface area contributed by atoms with Gasteiger partial charge in [-0.1, -0.05) is 13.8 Å². The Morgan fingerprint density at radius 3 is 2.19 bits per heavy atom. The van der Waals surface area contributed by atoms with Crippen LogP contribution in [-0.4, -0.2) is 54.8 Å². The number of unbranched alkanes of at least 4 members (excludes halogenated alkanes) is 1. The predicted molar refractivity (Wildman–Crippen MR) is 81.1 cm³/mol. The van der Waals surface area contributed by atoms with Crippen LogP contribution in [0.3, 0.4) is 0 Å². The molecule has 0 unspecified atom stereocenters. The van der Waals surface area contributed by atoms with E-state index in [2.05, 4.69) is 16.2 Å². The lowest BCUT2D eigenvalue weighted by Gasteiger charge is -2.21. The minimum absolute atomic E-state index is 0.0285. The standard InChI is InChI=1S/C13H29N5O3/c1-9(2)11(14)12(19)17-10(13(20)21)7-5-6-8-18(15-3)16-4/h9-11,15-16H,5-8,14H2,1-4H3,(H,17,19)(H,20,21)/t10-,11-/m0/s1. The van der Waals surface area contributed by atoms with Gasteiger partial charge in [0.05, 0.1) is 6.04 Å². The van der Waals surface area contributed by atoms with Crippen molar-refractivity contribution < 1.29 is 14.7 Å². The molecule has 2 atom stereocenters. The van der Waals surface area contributed by atoms with Crippen LogP contribution in [0.2, 0.25) is 0 Å². The minimum atomic E-state index is -1.03. The van der Waals surface area contributed by atoms with E-state index in [9.17, 15) is 9.59 Å². The van der Waals surface area contributed by atoms with E-state index in [0.717, 1.165) is 13.0 Å². The number of rotatable bonds is 11. The monoisotopic (exact) mass is 303 g/mol. The molecule has 0 fully saturated rings. The summed E-state index contributed by atoms with van der Waals surface area (Å²) < 4.78 is 0. The summed E-state index contributed by atoms with van der Waals surface area (Å²) in [4.78, 5) is 23.0. The number of carboxylic acid groups (broad SMARTS) is 1. The van der Waals surface area contributed by atoms with E-state index in [0.29, 0.717) is 12.8 Å². The highest BCUT2D eigenvalue weighted by molar-refractivity contribution is 5.86. The fraction of sp³-hybridized carbons (Fsp3) is 0.846. The van der Waals surface area contributed by atoms with E-state index >= 15 is 0 Å². The van der Waals surface area contributed by atoms with Gasteiger partial charge in [-0.3, -0.25) is 4.79 Å². The SMILES string of the molecule is CNN(CCCC[C@H](NC(=O)[C@@H](N)C(C)C)C(=O)O)NC. The Hall–Kier alpha value is -1.22. The van der Waals surface area contributed by atoms with Crippen LogP contribution in [0.4, 0.5) is 0 Å². The fourth-order valence-electron chi connectivity index (χ4n) is 1.78. The van der Waals surface area contributed by atoms with Crippen molar-refractivity contribution in [2.45, 2.75) is 45.2 Å². The number of aliphatic carboxylic acids is 1. The molecular weight excluding hydrogens is 274 g/mol. The van der Waals surface area contributed by atoms with Crippen molar-refractivity contribution >= 4 is 11.9 Å². The highest BCUT2D eigenvalue weighted by Crippen LogP contribution is 2.04. The average Bonchev–Trinajstić information content (AvgIpc) is 2.44. The summed E-state index contributed by atoms with van der Waals surface area (Å²) in [6.07, 6.45) is 1.87. The topological polar surface area (TPSA) is 120 Å². The number of hydrogen-bond donors (Lipinski definition) is 5. The molecule has 0 aliphatic rings. The largest absolute Gasteiger partial charge is 0.480 e. The predicted octanol–water partition coefficient (Wildman–Crippen LogP) is -0.720. The van der Waals surface area contributed by atoms with Crippen molar-refractivity contribution in [2.24, 2.45) is 11.7 Å². The summed E-state index contributed by atoms with van der Waals surface area (Å²) in [5.74, 6) is -1.47. The number of nitrogens with one attached hydrogen (secondary N) is 3. The van der Waals surface area contributed by atoms with Crippen LogP contribution in [0.5, 0.6) is 0 Å². The lowest BCUT2D eigenvalue weighted by atomic mass is 10.0. The molecule has 0 bridgehead atoms. The molecule has 0 radical (unpaired) electrons. The summed E-state index contributed by atoms with van der Waals surface area (Å²) in [5.41, 5.74) is 11.6. The maximum absolute atomic E-state index is 11.8. The van der Waals surface area contributed by atoms with Gasteiger partial charge in [-0.05, 0) is 25.2 Å². The molecule has 0 spiro atoms. The summed E-state index contributed by atoms with van der Waals surface area (Å²) in [6.45, 7) is 4.38. The molecule has 21 heavy (non-hydrogen) atoms. The third-order valence-electron chi connectivity index (χ3n) is 3.30. The van der Waals surface area contributed by atoms with Gasteiger partial charge in [-0.15, -0.1) is 0 Å². The van der Waals surface area contributed by atoms with Gasteiger partial charge < -0.3 is 16.2 Å². The van der Waals surface area contributed by atoms with Crippen LogP contribution in [0.25, 0.3) is 0 Å². The van der Waals surface area contributed by atoms with Gasteiger partial charge in [-0.25, -0.2) is 15.6 Å². The van der Waals surface area contributed by atoms with Gasteiger partial charge >= 0.3 is 5.97 Å². The number of carbonyl (C=O) groups excluding carboxylic acids is 1. The molecule has 6 N–H and O–H groups in total. The Labute approximate surface area is 126 Å². The third kappa shape index (κ3) is 7.96. The van der Waals surface area contributed by atoms with Gasteiger partial charge in [0.2, 0.25) is 5.91 Å². The first-order valence-corrected chi connectivity index (χ1v) is 7.24. The number of amides is 1. The van der Waals surface area contributed by atoms with Gasteiger partial charge in [-0.2, -0.15) is 5.12 Å². The Kier molecular flexibility index (Phi) is 9.89. The molecule has 0 saturated carbocycles. The molecule has 1 amide bonds.